The maximum atomic E-state index is 11.0. The second-order valence-corrected chi connectivity index (χ2v) is 3.01. The summed E-state index contributed by atoms with van der Waals surface area (Å²) in [6.45, 7) is 5.52. The lowest BCUT2D eigenvalue weighted by Gasteiger charge is -2.03. The highest BCUT2D eigenvalue weighted by molar-refractivity contribution is 5.82. The molecule has 3 nitrogen and oxygen atoms in total. The van der Waals surface area contributed by atoms with Gasteiger partial charge in [-0.25, -0.2) is 0 Å². The number of carbonyl (C=O) groups is 2. The Kier molecular flexibility index (Phi) is 5.54. The first-order chi connectivity index (χ1) is 5.57. The lowest BCUT2D eigenvalue weighted by molar-refractivity contribution is -0.130. The lowest BCUT2D eigenvalue weighted by Crippen LogP contribution is -2.17. The maximum absolute atomic E-state index is 11.0. The highest BCUT2D eigenvalue weighted by Crippen LogP contribution is 1.94. The van der Waals surface area contributed by atoms with Crippen LogP contribution >= 0.6 is 0 Å². The second-order valence-electron chi connectivity index (χ2n) is 3.01. The Morgan fingerprint density at radius 1 is 1.25 bits per heavy atom. The molecule has 0 spiro atoms. The molecule has 0 aliphatic heterocycles. The van der Waals surface area contributed by atoms with Gasteiger partial charge in [0, 0.05) is 12.3 Å². The van der Waals surface area contributed by atoms with Crippen molar-refractivity contribution in [2.75, 3.05) is 13.2 Å². The van der Waals surface area contributed by atoms with E-state index < -0.39 is 0 Å². The van der Waals surface area contributed by atoms with Crippen LogP contribution in [0.3, 0.4) is 0 Å². The average Bonchev–Trinajstić information content (AvgIpc) is 2.03. The minimum Gasteiger partial charge on any atom is -0.366 e. The molecule has 0 saturated heterocycles. The summed E-state index contributed by atoms with van der Waals surface area (Å²) >= 11 is 0. The van der Waals surface area contributed by atoms with Gasteiger partial charge in [0.15, 0.2) is 11.6 Å². The molecule has 0 heterocycles. The van der Waals surface area contributed by atoms with Gasteiger partial charge in [-0.15, -0.1) is 0 Å². The maximum Gasteiger partial charge on any atom is 0.160 e. The van der Waals surface area contributed by atoms with E-state index in [0.29, 0.717) is 6.42 Å². The zero-order valence-corrected chi connectivity index (χ0v) is 7.92. The zero-order chi connectivity index (χ0) is 9.56. The van der Waals surface area contributed by atoms with E-state index in [1.165, 1.54) is 0 Å². The van der Waals surface area contributed by atoms with Crippen LogP contribution in [0.15, 0.2) is 0 Å². The average molecular weight is 172 g/mol. The number of carbonyl (C=O) groups excluding carboxylic acids is 2. The van der Waals surface area contributed by atoms with Crippen molar-refractivity contribution < 1.29 is 14.3 Å². The molecule has 0 bridgehead atoms. The number of ketones is 2. The van der Waals surface area contributed by atoms with E-state index in [1.54, 1.807) is 6.92 Å². The predicted octanol–water partition coefficient (Wildman–Crippen LogP) is 1.21. The molecule has 0 fully saturated rings. The summed E-state index contributed by atoms with van der Waals surface area (Å²) in [6, 6.07) is 0. The Morgan fingerprint density at radius 2 is 1.83 bits per heavy atom. The first-order valence-corrected chi connectivity index (χ1v) is 4.20. The van der Waals surface area contributed by atoms with Gasteiger partial charge in [0.25, 0.3) is 0 Å². The van der Waals surface area contributed by atoms with Crippen LogP contribution in [0.2, 0.25) is 0 Å². The van der Waals surface area contributed by atoms with E-state index in [2.05, 4.69) is 0 Å². The minimum absolute atomic E-state index is 0.0123. The standard InChI is InChI=1S/C9H16O3/c1-4-8(10)5-12-6-9(11)7(2)3/h7H,4-6H2,1-3H3. The quantitative estimate of drug-likeness (QED) is 0.604. The van der Waals surface area contributed by atoms with Crippen LogP contribution in [0.1, 0.15) is 27.2 Å². The summed E-state index contributed by atoms with van der Waals surface area (Å²) < 4.78 is 4.91. The van der Waals surface area contributed by atoms with Crippen molar-refractivity contribution in [2.45, 2.75) is 27.2 Å². The zero-order valence-electron chi connectivity index (χ0n) is 7.92. The van der Waals surface area contributed by atoms with Crippen LogP contribution < -0.4 is 0 Å². The number of ether oxygens (including phenoxy) is 1. The SMILES string of the molecule is CCC(=O)COCC(=O)C(C)C. The normalized spacial score (nSPS) is 10.3. The monoisotopic (exact) mass is 172 g/mol. The molecule has 0 atom stereocenters. The number of hydrogen-bond acceptors (Lipinski definition) is 3. The third-order valence-electron chi connectivity index (χ3n) is 1.55. The lowest BCUT2D eigenvalue weighted by atomic mass is 10.1. The Labute approximate surface area is 73.1 Å². The van der Waals surface area contributed by atoms with E-state index >= 15 is 0 Å². The molecule has 0 aromatic heterocycles. The molecule has 12 heavy (non-hydrogen) atoms. The molecule has 0 unspecified atom stereocenters. The van der Waals surface area contributed by atoms with Crippen molar-refractivity contribution in [2.24, 2.45) is 5.92 Å². The molecule has 0 amide bonds. The molecular weight excluding hydrogens is 156 g/mol. The van der Waals surface area contributed by atoms with Gasteiger partial charge in [0.2, 0.25) is 0 Å². The first-order valence-electron chi connectivity index (χ1n) is 4.20. The smallest absolute Gasteiger partial charge is 0.160 e. The molecule has 0 aromatic carbocycles. The molecule has 70 valence electrons. The van der Waals surface area contributed by atoms with Crippen LogP contribution in [0.4, 0.5) is 0 Å². The van der Waals surface area contributed by atoms with Crippen molar-refractivity contribution >= 4 is 11.6 Å². The summed E-state index contributed by atoms with van der Waals surface area (Å²) in [5.74, 6) is 0.0622. The predicted molar refractivity (Wildman–Crippen MR) is 46.0 cm³/mol. The third kappa shape index (κ3) is 5.02. The highest BCUT2D eigenvalue weighted by Gasteiger charge is 2.07. The van der Waals surface area contributed by atoms with E-state index in [9.17, 15) is 9.59 Å². The molecule has 0 radical (unpaired) electrons. The number of hydrogen-bond donors (Lipinski definition) is 0. The van der Waals surface area contributed by atoms with Gasteiger partial charge in [-0.3, -0.25) is 9.59 Å². The van der Waals surface area contributed by atoms with Crippen LogP contribution in [-0.2, 0) is 14.3 Å². The number of Topliss-reactive ketones (excluding diaryl/α,β-unsaturated/α-hetero) is 2. The molecule has 0 saturated carbocycles. The van der Waals surface area contributed by atoms with E-state index in [1.807, 2.05) is 13.8 Å². The van der Waals surface area contributed by atoms with E-state index in [0.717, 1.165) is 0 Å². The fourth-order valence-electron chi connectivity index (χ4n) is 0.534. The third-order valence-corrected chi connectivity index (χ3v) is 1.55. The molecular formula is C9H16O3. The Balaban J connectivity index is 3.44. The van der Waals surface area contributed by atoms with E-state index in [4.69, 9.17) is 4.74 Å². The fourth-order valence-corrected chi connectivity index (χ4v) is 0.534. The highest BCUT2D eigenvalue weighted by atomic mass is 16.5. The summed E-state index contributed by atoms with van der Waals surface area (Å²) in [6.07, 6.45) is 0.468. The Morgan fingerprint density at radius 3 is 2.25 bits per heavy atom. The van der Waals surface area contributed by atoms with Crippen molar-refractivity contribution in [1.29, 1.82) is 0 Å². The first kappa shape index (κ1) is 11.3. The summed E-state index contributed by atoms with van der Waals surface area (Å²) in [5.41, 5.74) is 0. The fraction of sp³-hybridized carbons (Fsp3) is 0.778. The molecule has 3 heteroatoms. The summed E-state index contributed by atoms with van der Waals surface area (Å²) in [4.78, 5) is 21.7. The molecule has 0 N–H and O–H groups in total. The van der Waals surface area contributed by atoms with Crippen LogP contribution in [0.5, 0.6) is 0 Å². The Hall–Kier alpha value is -0.700. The van der Waals surface area contributed by atoms with Crippen molar-refractivity contribution in [3.05, 3.63) is 0 Å². The van der Waals surface area contributed by atoms with Gasteiger partial charge in [-0.1, -0.05) is 20.8 Å². The van der Waals surface area contributed by atoms with Gasteiger partial charge in [-0.2, -0.15) is 0 Å². The van der Waals surface area contributed by atoms with E-state index in [-0.39, 0.29) is 30.7 Å². The second kappa shape index (κ2) is 5.89. The van der Waals surface area contributed by atoms with Crippen LogP contribution in [0, 0.1) is 5.92 Å². The Bertz CT molecular complexity index is 161. The van der Waals surface area contributed by atoms with Crippen molar-refractivity contribution in [3.8, 4) is 0 Å². The molecule has 0 aliphatic carbocycles. The van der Waals surface area contributed by atoms with Gasteiger partial charge in [0.1, 0.15) is 13.2 Å². The number of rotatable bonds is 6. The van der Waals surface area contributed by atoms with Gasteiger partial charge >= 0.3 is 0 Å². The minimum atomic E-state index is -0.0123. The topological polar surface area (TPSA) is 43.4 Å². The largest absolute Gasteiger partial charge is 0.366 e. The van der Waals surface area contributed by atoms with Crippen molar-refractivity contribution in [1.82, 2.24) is 0 Å². The van der Waals surface area contributed by atoms with Crippen LogP contribution in [0.25, 0.3) is 0 Å². The summed E-state index contributed by atoms with van der Waals surface area (Å²) in [7, 11) is 0. The van der Waals surface area contributed by atoms with Gasteiger partial charge < -0.3 is 4.74 Å². The molecule has 0 rings (SSSR count). The van der Waals surface area contributed by atoms with Crippen molar-refractivity contribution in [3.63, 3.8) is 0 Å². The molecule has 0 aliphatic rings. The molecule has 0 aromatic rings. The van der Waals surface area contributed by atoms with Crippen LogP contribution in [-0.4, -0.2) is 24.8 Å². The van der Waals surface area contributed by atoms with Gasteiger partial charge in [-0.05, 0) is 0 Å². The summed E-state index contributed by atoms with van der Waals surface area (Å²) in [5, 5.41) is 0. The van der Waals surface area contributed by atoms with Gasteiger partial charge in [0.05, 0.1) is 0 Å².